The molecule has 0 saturated heterocycles. The van der Waals surface area contributed by atoms with E-state index in [1.54, 1.807) is 11.3 Å². The molecule has 0 amide bonds. The smallest absolute Gasteiger partial charge is 0.0587 e. The fourth-order valence-corrected chi connectivity index (χ4v) is 3.42. The number of nitrogens with one attached hydrogen (secondary N) is 1. The van der Waals surface area contributed by atoms with Crippen LogP contribution < -0.4 is 5.32 Å². The SMILES string of the molecule is CCCNC(c1cc(C)cc(C)c1)c1cscc1C. The molecule has 0 bridgehead atoms. The molecule has 0 spiro atoms. The highest BCUT2D eigenvalue weighted by atomic mass is 32.1. The van der Waals surface area contributed by atoms with Crippen molar-refractivity contribution in [1.82, 2.24) is 5.32 Å². The highest BCUT2D eigenvalue weighted by Crippen LogP contribution is 2.28. The average molecular weight is 273 g/mol. The van der Waals surface area contributed by atoms with Crippen LogP contribution in [0, 0.1) is 20.8 Å². The second-order valence-corrected chi connectivity index (χ2v) is 6.06. The zero-order valence-corrected chi connectivity index (χ0v) is 13.1. The first kappa shape index (κ1) is 14.3. The summed E-state index contributed by atoms with van der Waals surface area (Å²) in [5.41, 5.74) is 6.87. The summed E-state index contributed by atoms with van der Waals surface area (Å²) in [6.07, 6.45) is 1.16. The number of thiophene rings is 1. The Bertz CT molecular complexity index is 522. The lowest BCUT2D eigenvalue weighted by Crippen LogP contribution is -2.23. The average Bonchev–Trinajstić information content (AvgIpc) is 2.75. The third-order valence-corrected chi connectivity index (χ3v) is 4.26. The summed E-state index contributed by atoms with van der Waals surface area (Å²) in [5.74, 6) is 0. The molecule has 0 aliphatic rings. The second-order valence-electron chi connectivity index (χ2n) is 5.32. The molecule has 0 aliphatic heterocycles. The number of hydrogen-bond donors (Lipinski definition) is 1. The van der Waals surface area contributed by atoms with Gasteiger partial charge in [0, 0.05) is 0 Å². The van der Waals surface area contributed by atoms with Gasteiger partial charge in [-0.05, 0) is 61.2 Å². The van der Waals surface area contributed by atoms with Gasteiger partial charge in [-0.15, -0.1) is 0 Å². The molecule has 1 aromatic carbocycles. The lowest BCUT2D eigenvalue weighted by Gasteiger charge is -2.20. The molecule has 2 aromatic rings. The van der Waals surface area contributed by atoms with Gasteiger partial charge in [0.2, 0.25) is 0 Å². The van der Waals surface area contributed by atoms with Crippen LogP contribution in [-0.2, 0) is 0 Å². The van der Waals surface area contributed by atoms with E-state index in [4.69, 9.17) is 0 Å². The van der Waals surface area contributed by atoms with Crippen LogP contribution in [0.15, 0.2) is 29.0 Å². The van der Waals surface area contributed by atoms with Crippen molar-refractivity contribution >= 4 is 11.3 Å². The topological polar surface area (TPSA) is 12.0 Å². The van der Waals surface area contributed by atoms with Crippen LogP contribution in [0.5, 0.6) is 0 Å². The Hall–Kier alpha value is -1.12. The van der Waals surface area contributed by atoms with Crippen LogP contribution in [0.3, 0.4) is 0 Å². The van der Waals surface area contributed by atoms with Gasteiger partial charge in [-0.1, -0.05) is 36.2 Å². The zero-order chi connectivity index (χ0) is 13.8. The fraction of sp³-hybridized carbons (Fsp3) is 0.412. The maximum Gasteiger partial charge on any atom is 0.0587 e. The van der Waals surface area contributed by atoms with Gasteiger partial charge < -0.3 is 5.32 Å². The lowest BCUT2D eigenvalue weighted by molar-refractivity contribution is 0.597. The highest BCUT2D eigenvalue weighted by molar-refractivity contribution is 7.08. The first-order chi connectivity index (χ1) is 9.11. The summed E-state index contributed by atoms with van der Waals surface area (Å²) >= 11 is 1.79. The second kappa shape index (κ2) is 6.36. The Kier molecular flexibility index (Phi) is 4.78. The van der Waals surface area contributed by atoms with Crippen LogP contribution in [0.1, 0.15) is 47.2 Å². The fourth-order valence-electron chi connectivity index (χ4n) is 2.54. The van der Waals surface area contributed by atoms with Crippen molar-refractivity contribution in [3.8, 4) is 0 Å². The molecule has 0 fully saturated rings. The third kappa shape index (κ3) is 3.46. The molecule has 2 heteroatoms. The number of rotatable bonds is 5. The van der Waals surface area contributed by atoms with Gasteiger partial charge in [-0.25, -0.2) is 0 Å². The minimum atomic E-state index is 0.324. The number of benzene rings is 1. The summed E-state index contributed by atoms with van der Waals surface area (Å²) in [6, 6.07) is 7.17. The normalized spacial score (nSPS) is 12.6. The standard InChI is InChI=1S/C17H23NS/c1-5-6-18-17(16-11-19-10-14(16)4)15-8-12(2)7-13(3)9-15/h7-11,17-18H,5-6H2,1-4H3. The predicted molar refractivity (Wildman–Crippen MR) is 85.1 cm³/mol. The molecule has 0 saturated carbocycles. The Balaban J connectivity index is 2.39. The van der Waals surface area contributed by atoms with E-state index in [0.717, 1.165) is 13.0 Å². The molecule has 102 valence electrons. The number of aryl methyl sites for hydroxylation is 3. The van der Waals surface area contributed by atoms with Crippen molar-refractivity contribution in [2.24, 2.45) is 0 Å². The quantitative estimate of drug-likeness (QED) is 0.828. The van der Waals surface area contributed by atoms with E-state index in [-0.39, 0.29) is 0 Å². The minimum absolute atomic E-state index is 0.324. The molecule has 1 nitrogen and oxygen atoms in total. The summed E-state index contributed by atoms with van der Waals surface area (Å²) in [5, 5.41) is 8.20. The van der Waals surface area contributed by atoms with Crippen LogP contribution >= 0.6 is 11.3 Å². The molecule has 1 N–H and O–H groups in total. The third-order valence-electron chi connectivity index (χ3n) is 3.38. The van der Waals surface area contributed by atoms with Crippen molar-refractivity contribution in [3.63, 3.8) is 0 Å². The molecule has 1 heterocycles. The largest absolute Gasteiger partial charge is 0.306 e. The van der Waals surface area contributed by atoms with Gasteiger partial charge in [-0.3, -0.25) is 0 Å². The van der Waals surface area contributed by atoms with Crippen LogP contribution in [0.2, 0.25) is 0 Å². The Morgan fingerprint density at radius 1 is 1.05 bits per heavy atom. The summed E-state index contributed by atoms with van der Waals surface area (Å²) in [4.78, 5) is 0. The molecule has 0 aliphatic carbocycles. The van der Waals surface area contributed by atoms with Crippen molar-refractivity contribution in [1.29, 1.82) is 0 Å². The van der Waals surface area contributed by atoms with E-state index in [0.29, 0.717) is 6.04 Å². The molecule has 1 unspecified atom stereocenters. The zero-order valence-electron chi connectivity index (χ0n) is 12.3. The Morgan fingerprint density at radius 2 is 1.74 bits per heavy atom. The molecule has 1 atom stereocenters. The van der Waals surface area contributed by atoms with Crippen molar-refractivity contribution in [3.05, 3.63) is 56.8 Å². The molecular weight excluding hydrogens is 250 g/mol. The summed E-state index contributed by atoms with van der Waals surface area (Å²) < 4.78 is 0. The maximum absolute atomic E-state index is 3.69. The maximum atomic E-state index is 3.69. The van der Waals surface area contributed by atoms with E-state index >= 15 is 0 Å². The Morgan fingerprint density at radius 3 is 2.26 bits per heavy atom. The summed E-state index contributed by atoms with van der Waals surface area (Å²) in [6.45, 7) is 9.82. The van der Waals surface area contributed by atoms with Crippen molar-refractivity contribution < 1.29 is 0 Å². The van der Waals surface area contributed by atoms with Gasteiger partial charge in [0.15, 0.2) is 0 Å². The van der Waals surface area contributed by atoms with E-state index in [2.05, 4.69) is 62.0 Å². The first-order valence-electron chi connectivity index (χ1n) is 6.96. The van der Waals surface area contributed by atoms with E-state index < -0.39 is 0 Å². The van der Waals surface area contributed by atoms with Crippen molar-refractivity contribution in [2.45, 2.75) is 40.2 Å². The molecule has 0 radical (unpaired) electrons. The van der Waals surface area contributed by atoms with Gasteiger partial charge in [-0.2, -0.15) is 11.3 Å². The van der Waals surface area contributed by atoms with Crippen LogP contribution in [0.25, 0.3) is 0 Å². The van der Waals surface area contributed by atoms with Gasteiger partial charge in [0.05, 0.1) is 6.04 Å². The minimum Gasteiger partial charge on any atom is -0.306 e. The van der Waals surface area contributed by atoms with E-state index in [1.807, 2.05) is 0 Å². The molecule has 2 rings (SSSR count). The molecular formula is C17H23NS. The first-order valence-corrected chi connectivity index (χ1v) is 7.90. The van der Waals surface area contributed by atoms with E-state index in [9.17, 15) is 0 Å². The lowest BCUT2D eigenvalue weighted by atomic mass is 9.95. The van der Waals surface area contributed by atoms with Crippen LogP contribution in [-0.4, -0.2) is 6.54 Å². The predicted octanol–water partition coefficient (Wildman–Crippen LogP) is 4.76. The van der Waals surface area contributed by atoms with Gasteiger partial charge >= 0.3 is 0 Å². The van der Waals surface area contributed by atoms with Crippen molar-refractivity contribution in [2.75, 3.05) is 6.54 Å². The summed E-state index contributed by atoms with van der Waals surface area (Å²) in [7, 11) is 0. The van der Waals surface area contributed by atoms with Gasteiger partial charge in [0.1, 0.15) is 0 Å². The molecule has 19 heavy (non-hydrogen) atoms. The van der Waals surface area contributed by atoms with Gasteiger partial charge in [0.25, 0.3) is 0 Å². The van der Waals surface area contributed by atoms with E-state index in [1.165, 1.54) is 27.8 Å². The number of hydrogen-bond acceptors (Lipinski definition) is 2. The Labute approximate surface area is 120 Å². The molecule has 1 aromatic heterocycles. The monoisotopic (exact) mass is 273 g/mol. The van der Waals surface area contributed by atoms with Crippen LogP contribution in [0.4, 0.5) is 0 Å². The highest BCUT2D eigenvalue weighted by Gasteiger charge is 2.16.